The maximum absolute atomic E-state index is 5.56. The third-order valence-electron chi connectivity index (χ3n) is 2.33. The third-order valence-corrected chi connectivity index (χ3v) is 2.94. The second-order valence-electron chi connectivity index (χ2n) is 3.81. The predicted octanol–water partition coefficient (Wildman–Crippen LogP) is 0.639. The topological polar surface area (TPSA) is 59.1 Å². The standard InChI is InChI=1S/C9H18BrN5/c1-14(2)5-4-8(13-11)9-7(10)6-12-15(9)3/h6,8,13H,4-5,11H2,1-3H3. The number of aryl methyl sites for hydroxylation is 1. The largest absolute Gasteiger partial charge is 0.309 e. The molecular weight excluding hydrogens is 258 g/mol. The highest BCUT2D eigenvalue weighted by molar-refractivity contribution is 9.10. The van der Waals surface area contributed by atoms with Crippen LogP contribution in [-0.2, 0) is 7.05 Å². The van der Waals surface area contributed by atoms with Crippen molar-refractivity contribution in [1.29, 1.82) is 0 Å². The van der Waals surface area contributed by atoms with Gasteiger partial charge in [-0.3, -0.25) is 16.0 Å². The van der Waals surface area contributed by atoms with Crippen molar-refractivity contribution in [3.05, 3.63) is 16.4 Å². The van der Waals surface area contributed by atoms with E-state index in [1.807, 2.05) is 25.8 Å². The second-order valence-corrected chi connectivity index (χ2v) is 4.67. The number of halogens is 1. The zero-order valence-corrected chi connectivity index (χ0v) is 11.0. The highest BCUT2D eigenvalue weighted by atomic mass is 79.9. The summed E-state index contributed by atoms with van der Waals surface area (Å²) in [5.41, 5.74) is 3.91. The Morgan fingerprint density at radius 1 is 1.67 bits per heavy atom. The summed E-state index contributed by atoms with van der Waals surface area (Å²) in [4.78, 5) is 2.13. The van der Waals surface area contributed by atoms with Crippen LogP contribution in [0.5, 0.6) is 0 Å². The molecular formula is C9H18BrN5. The fourth-order valence-corrected chi connectivity index (χ4v) is 2.12. The minimum absolute atomic E-state index is 0.120. The van der Waals surface area contributed by atoms with Crippen molar-refractivity contribution < 1.29 is 0 Å². The summed E-state index contributed by atoms with van der Waals surface area (Å²) in [6, 6.07) is 0.120. The molecule has 5 nitrogen and oxygen atoms in total. The fraction of sp³-hybridized carbons (Fsp3) is 0.667. The van der Waals surface area contributed by atoms with Crippen molar-refractivity contribution in [2.24, 2.45) is 12.9 Å². The van der Waals surface area contributed by atoms with Gasteiger partial charge in [0, 0.05) is 7.05 Å². The Bertz CT molecular complexity index is 290. The number of hydrogen-bond acceptors (Lipinski definition) is 4. The zero-order chi connectivity index (χ0) is 11.4. The van der Waals surface area contributed by atoms with Crippen LogP contribution in [-0.4, -0.2) is 35.3 Å². The van der Waals surface area contributed by atoms with Gasteiger partial charge in [-0.15, -0.1) is 0 Å². The Balaban J connectivity index is 2.74. The molecule has 86 valence electrons. The summed E-state index contributed by atoms with van der Waals surface area (Å²) in [6.07, 6.45) is 2.73. The van der Waals surface area contributed by atoms with E-state index in [0.717, 1.165) is 23.1 Å². The van der Waals surface area contributed by atoms with Gasteiger partial charge >= 0.3 is 0 Å². The molecule has 6 heteroatoms. The van der Waals surface area contributed by atoms with Gasteiger partial charge in [-0.2, -0.15) is 5.10 Å². The summed E-state index contributed by atoms with van der Waals surface area (Å²) < 4.78 is 2.83. The molecule has 0 bridgehead atoms. The van der Waals surface area contributed by atoms with Gasteiger partial charge in [-0.25, -0.2) is 0 Å². The number of hydrazine groups is 1. The van der Waals surface area contributed by atoms with E-state index in [-0.39, 0.29) is 6.04 Å². The van der Waals surface area contributed by atoms with E-state index < -0.39 is 0 Å². The van der Waals surface area contributed by atoms with Crippen molar-refractivity contribution in [2.45, 2.75) is 12.5 Å². The number of rotatable bonds is 5. The van der Waals surface area contributed by atoms with E-state index in [2.05, 4.69) is 31.4 Å². The SMILES string of the molecule is CN(C)CCC(NN)c1c(Br)cnn1C. The molecule has 3 N–H and O–H groups in total. The normalized spacial score (nSPS) is 13.5. The molecule has 1 aromatic rings. The lowest BCUT2D eigenvalue weighted by Gasteiger charge is -2.19. The minimum Gasteiger partial charge on any atom is -0.309 e. The molecule has 0 aliphatic carbocycles. The van der Waals surface area contributed by atoms with Gasteiger partial charge in [0.2, 0.25) is 0 Å². The molecule has 15 heavy (non-hydrogen) atoms. The Morgan fingerprint density at radius 2 is 2.33 bits per heavy atom. The lowest BCUT2D eigenvalue weighted by atomic mass is 10.1. The highest BCUT2D eigenvalue weighted by Crippen LogP contribution is 2.24. The monoisotopic (exact) mass is 275 g/mol. The number of nitrogens with one attached hydrogen (secondary N) is 1. The van der Waals surface area contributed by atoms with Crippen molar-refractivity contribution in [3.63, 3.8) is 0 Å². The van der Waals surface area contributed by atoms with Crippen LogP contribution in [0.25, 0.3) is 0 Å². The van der Waals surface area contributed by atoms with E-state index in [4.69, 9.17) is 5.84 Å². The first kappa shape index (κ1) is 12.6. The quantitative estimate of drug-likeness (QED) is 0.612. The molecule has 1 rings (SSSR count). The van der Waals surface area contributed by atoms with Gasteiger partial charge in [0.05, 0.1) is 22.4 Å². The van der Waals surface area contributed by atoms with Gasteiger partial charge in [-0.1, -0.05) is 0 Å². The molecule has 1 atom stereocenters. The molecule has 0 amide bonds. The van der Waals surface area contributed by atoms with Crippen molar-refractivity contribution in [3.8, 4) is 0 Å². The van der Waals surface area contributed by atoms with Crippen LogP contribution in [0.15, 0.2) is 10.7 Å². The molecule has 0 fully saturated rings. The Hall–Kier alpha value is -0.430. The average molecular weight is 276 g/mol. The maximum atomic E-state index is 5.56. The van der Waals surface area contributed by atoms with Crippen LogP contribution in [0.4, 0.5) is 0 Å². The van der Waals surface area contributed by atoms with Crippen LogP contribution in [0.2, 0.25) is 0 Å². The van der Waals surface area contributed by atoms with Crippen LogP contribution in [0, 0.1) is 0 Å². The number of nitrogens with two attached hydrogens (primary N) is 1. The Morgan fingerprint density at radius 3 is 2.73 bits per heavy atom. The van der Waals surface area contributed by atoms with Gasteiger partial charge in [-0.05, 0) is 43.0 Å². The van der Waals surface area contributed by atoms with Crippen LogP contribution < -0.4 is 11.3 Å². The van der Waals surface area contributed by atoms with Gasteiger partial charge < -0.3 is 4.90 Å². The maximum Gasteiger partial charge on any atom is 0.0706 e. The van der Waals surface area contributed by atoms with Crippen molar-refractivity contribution in [2.75, 3.05) is 20.6 Å². The summed E-state index contributed by atoms with van der Waals surface area (Å²) >= 11 is 3.47. The number of aromatic nitrogens is 2. The van der Waals surface area contributed by atoms with Crippen molar-refractivity contribution >= 4 is 15.9 Å². The molecule has 0 aromatic carbocycles. The predicted molar refractivity (Wildman–Crippen MR) is 64.1 cm³/mol. The van der Waals surface area contributed by atoms with E-state index in [0.29, 0.717) is 0 Å². The molecule has 0 saturated carbocycles. The van der Waals surface area contributed by atoms with E-state index in [1.54, 1.807) is 6.20 Å². The summed E-state index contributed by atoms with van der Waals surface area (Å²) in [6.45, 7) is 0.979. The third kappa shape index (κ3) is 3.27. The van der Waals surface area contributed by atoms with Crippen LogP contribution >= 0.6 is 15.9 Å². The molecule has 1 heterocycles. The first-order valence-electron chi connectivity index (χ1n) is 4.84. The van der Waals surface area contributed by atoms with E-state index in [9.17, 15) is 0 Å². The van der Waals surface area contributed by atoms with Gasteiger partial charge in [0.1, 0.15) is 0 Å². The molecule has 0 aliphatic rings. The average Bonchev–Trinajstić information content (AvgIpc) is 2.49. The van der Waals surface area contributed by atoms with E-state index >= 15 is 0 Å². The van der Waals surface area contributed by atoms with Gasteiger partial charge in [0.15, 0.2) is 0 Å². The molecule has 0 spiro atoms. The van der Waals surface area contributed by atoms with Gasteiger partial charge in [0.25, 0.3) is 0 Å². The second kappa shape index (κ2) is 5.60. The summed E-state index contributed by atoms with van der Waals surface area (Å²) in [5, 5.41) is 4.17. The molecule has 1 aromatic heterocycles. The number of nitrogens with zero attached hydrogens (tertiary/aromatic N) is 3. The number of hydrogen-bond donors (Lipinski definition) is 2. The molecule has 0 saturated heterocycles. The lowest BCUT2D eigenvalue weighted by Crippen LogP contribution is -2.32. The fourth-order valence-electron chi connectivity index (χ4n) is 1.50. The lowest BCUT2D eigenvalue weighted by molar-refractivity contribution is 0.355. The molecule has 0 radical (unpaired) electrons. The first-order valence-corrected chi connectivity index (χ1v) is 5.63. The Labute approximate surface area is 98.7 Å². The zero-order valence-electron chi connectivity index (χ0n) is 9.37. The van der Waals surface area contributed by atoms with E-state index in [1.165, 1.54) is 0 Å². The Kier molecular flexibility index (Phi) is 4.72. The smallest absolute Gasteiger partial charge is 0.0706 e. The summed E-state index contributed by atoms with van der Waals surface area (Å²) in [7, 11) is 6.01. The molecule has 1 unspecified atom stereocenters. The summed E-state index contributed by atoms with van der Waals surface area (Å²) in [5.74, 6) is 5.56. The minimum atomic E-state index is 0.120. The van der Waals surface area contributed by atoms with Crippen LogP contribution in [0.3, 0.4) is 0 Å². The highest BCUT2D eigenvalue weighted by Gasteiger charge is 2.17. The molecule has 0 aliphatic heterocycles. The van der Waals surface area contributed by atoms with Crippen LogP contribution in [0.1, 0.15) is 18.2 Å². The van der Waals surface area contributed by atoms with Crippen molar-refractivity contribution in [1.82, 2.24) is 20.1 Å². The first-order chi connectivity index (χ1) is 7.06.